The molecule has 0 saturated heterocycles. The van der Waals surface area contributed by atoms with E-state index in [4.69, 9.17) is 9.47 Å². The van der Waals surface area contributed by atoms with Crippen molar-refractivity contribution >= 4 is 11.6 Å². The molecule has 1 aliphatic rings. The molecular weight excluding hydrogens is 309 g/mol. The van der Waals surface area contributed by atoms with Crippen molar-refractivity contribution in [1.29, 1.82) is 0 Å². The summed E-state index contributed by atoms with van der Waals surface area (Å²) in [6.45, 7) is 0.643. The number of halogens is 1. The van der Waals surface area contributed by atoms with Crippen molar-refractivity contribution in [1.82, 2.24) is 0 Å². The smallest absolute Gasteiger partial charge is 0.231 e. The Hall–Kier alpha value is -2.56. The number of carbonyl (C=O) groups excluding carboxylic acids is 1. The molecule has 2 aromatic carbocycles. The molecule has 0 radical (unpaired) electrons. The number of amides is 1. The first kappa shape index (κ1) is 16.3. The van der Waals surface area contributed by atoms with Gasteiger partial charge in [0.2, 0.25) is 5.91 Å². The summed E-state index contributed by atoms with van der Waals surface area (Å²) in [6.07, 6.45) is 1.83. The monoisotopic (exact) mass is 329 g/mol. The van der Waals surface area contributed by atoms with E-state index in [2.05, 4.69) is 0 Å². The maximum absolute atomic E-state index is 13.4. The third-order valence-corrected chi connectivity index (χ3v) is 4.29. The summed E-state index contributed by atoms with van der Waals surface area (Å²) in [5.41, 5.74) is 2.46. The molecule has 0 saturated carbocycles. The van der Waals surface area contributed by atoms with Gasteiger partial charge in [0.15, 0.2) is 0 Å². The zero-order valence-corrected chi connectivity index (χ0v) is 13.8. The highest BCUT2D eigenvalue weighted by molar-refractivity contribution is 5.96. The normalized spacial score (nSPS) is 13.4. The van der Waals surface area contributed by atoms with Crippen LogP contribution >= 0.6 is 0 Å². The zero-order valence-electron chi connectivity index (χ0n) is 13.8. The van der Waals surface area contributed by atoms with Crippen LogP contribution in [0.5, 0.6) is 11.5 Å². The summed E-state index contributed by atoms with van der Waals surface area (Å²) < 4.78 is 24.0. The van der Waals surface area contributed by atoms with Crippen molar-refractivity contribution in [3.8, 4) is 11.5 Å². The molecule has 24 heavy (non-hydrogen) atoms. The van der Waals surface area contributed by atoms with E-state index in [0.717, 1.165) is 29.7 Å². The van der Waals surface area contributed by atoms with E-state index < -0.39 is 0 Å². The first-order valence-corrected chi connectivity index (χ1v) is 7.92. The molecule has 1 amide bonds. The minimum absolute atomic E-state index is 0.0332. The number of carbonyl (C=O) groups is 1. The Morgan fingerprint density at radius 3 is 2.75 bits per heavy atom. The molecule has 0 fully saturated rings. The second-order valence-electron chi connectivity index (χ2n) is 5.78. The number of methoxy groups -OCH3 is 2. The largest absolute Gasteiger partial charge is 0.497 e. The van der Waals surface area contributed by atoms with Gasteiger partial charge in [-0.25, -0.2) is 4.39 Å². The van der Waals surface area contributed by atoms with Crippen molar-refractivity contribution in [3.63, 3.8) is 0 Å². The Morgan fingerprint density at radius 2 is 2.00 bits per heavy atom. The highest BCUT2D eigenvalue weighted by Crippen LogP contribution is 2.30. The lowest BCUT2D eigenvalue weighted by Crippen LogP contribution is -2.36. The average Bonchev–Trinajstić information content (AvgIpc) is 2.60. The van der Waals surface area contributed by atoms with Crippen LogP contribution < -0.4 is 14.4 Å². The summed E-state index contributed by atoms with van der Waals surface area (Å²) >= 11 is 0. The molecule has 0 unspecified atom stereocenters. The maximum Gasteiger partial charge on any atom is 0.231 e. The van der Waals surface area contributed by atoms with Crippen LogP contribution in [0.15, 0.2) is 36.4 Å². The van der Waals surface area contributed by atoms with Crippen LogP contribution in [0.1, 0.15) is 17.5 Å². The van der Waals surface area contributed by atoms with Crippen molar-refractivity contribution in [2.24, 2.45) is 0 Å². The molecule has 0 bridgehead atoms. The lowest BCUT2D eigenvalue weighted by atomic mass is 10.0. The van der Waals surface area contributed by atoms with Crippen LogP contribution in [-0.2, 0) is 17.6 Å². The van der Waals surface area contributed by atoms with Crippen molar-refractivity contribution in [2.45, 2.75) is 19.3 Å². The fourth-order valence-corrected chi connectivity index (χ4v) is 3.10. The Kier molecular flexibility index (Phi) is 4.69. The fraction of sp³-hybridized carbons (Fsp3) is 0.316. The van der Waals surface area contributed by atoms with Gasteiger partial charge in [-0.15, -0.1) is 0 Å². The van der Waals surface area contributed by atoms with Crippen molar-refractivity contribution < 1.29 is 18.7 Å². The standard InChI is InChI=1S/C19H20FNO3/c1-23-16-6-8-18(24-2)14(11-16)12-19(22)21-9-3-4-13-10-15(20)5-7-17(13)21/h5-8,10-11H,3-4,9,12H2,1-2H3. The highest BCUT2D eigenvalue weighted by atomic mass is 19.1. The quantitative estimate of drug-likeness (QED) is 0.863. The second-order valence-corrected chi connectivity index (χ2v) is 5.78. The Morgan fingerprint density at radius 1 is 1.17 bits per heavy atom. The lowest BCUT2D eigenvalue weighted by Gasteiger charge is -2.29. The molecule has 4 nitrogen and oxygen atoms in total. The number of hydrogen-bond donors (Lipinski definition) is 0. The van der Waals surface area contributed by atoms with Gasteiger partial charge in [-0.05, 0) is 54.8 Å². The topological polar surface area (TPSA) is 38.8 Å². The third kappa shape index (κ3) is 3.20. The summed E-state index contributed by atoms with van der Waals surface area (Å²) in [5.74, 6) is 1.03. The van der Waals surface area contributed by atoms with E-state index in [1.807, 2.05) is 6.07 Å². The minimum Gasteiger partial charge on any atom is -0.497 e. The van der Waals surface area contributed by atoms with Crippen LogP contribution in [0.25, 0.3) is 0 Å². The van der Waals surface area contributed by atoms with E-state index in [9.17, 15) is 9.18 Å². The van der Waals surface area contributed by atoms with Gasteiger partial charge in [0, 0.05) is 17.8 Å². The van der Waals surface area contributed by atoms with Crippen LogP contribution in [0.4, 0.5) is 10.1 Å². The zero-order chi connectivity index (χ0) is 17.1. The lowest BCUT2D eigenvalue weighted by molar-refractivity contribution is -0.118. The van der Waals surface area contributed by atoms with Crippen LogP contribution in [0.2, 0.25) is 0 Å². The molecule has 126 valence electrons. The number of aryl methyl sites for hydroxylation is 1. The van der Waals surface area contributed by atoms with E-state index in [1.165, 1.54) is 12.1 Å². The van der Waals surface area contributed by atoms with Gasteiger partial charge in [-0.3, -0.25) is 4.79 Å². The second kappa shape index (κ2) is 6.91. The SMILES string of the molecule is COc1ccc(OC)c(CC(=O)N2CCCc3cc(F)ccc32)c1. The van der Waals surface area contributed by atoms with E-state index >= 15 is 0 Å². The number of anilines is 1. The number of nitrogens with zero attached hydrogens (tertiary/aromatic N) is 1. The number of hydrogen-bond acceptors (Lipinski definition) is 3. The first-order chi connectivity index (χ1) is 11.6. The minimum atomic E-state index is -0.266. The highest BCUT2D eigenvalue weighted by Gasteiger charge is 2.24. The molecule has 2 aromatic rings. The molecule has 1 aliphatic heterocycles. The average molecular weight is 329 g/mol. The predicted octanol–water partition coefficient (Wildman–Crippen LogP) is 3.36. The molecule has 0 spiro atoms. The summed E-state index contributed by atoms with van der Waals surface area (Å²) in [4.78, 5) is 14.6. The number of rotatable bonds is 4. The molecule has 5 heteroatoms. The molecule has 0 aliphatic carbocycles. The van der Waals surface area contributed by atoms with Gasteiger partial charge < -0.3 is 14.4 Å². The molecule has 1 heterocycles. The van der Waals surface area contributed by atoms with Crippen LogP contribution in [0.3, 0.4) is 0 Å². The fourth-order valence-electron chi connectivity index (χ4n) is 3.10. The molecular formula is C19H20FNO3. The molecule has 0 N–H and O–H groups in total. The van der Waals surface area contributed by atoms with Crippen LogP contribution in [-0.4, -0.2) is 26.7 Å². The van der Waals surface area contributed by atoms with Crippen molar-refractivity contribution in [2.75, 3.05) is 25.7 Å². The predicted molar refractivity (Wildman–Crippen MR) is 90.3 cm³/mol. The Labute approximate surface area is 140 Å². The van der Waals surface area contributed by atoms with Crippen LogP contribution in [0, 0.1) is 5.82 Å². The number of ether oxygens (including phenoxy) is 2. The van der Waals surface area contributed by atoms with Gasteiger partial charge in [-0.1, -0.05) is 0 Å². The maximum atomic E-state index is 13.4. The van der Waals surface area contributed by atoms with Gasteiger partial charge in [0.25, 0.3) is 0 Å². The Balaban J connectivity index is 1.87. The van der Waals surface area contributed by atoms with E-state index in [1.54, 1.807) is 37.3 Å². The first-order valence-electron chi connectivity index (χ1n) is 7.92. The van der Waals surface area contributed by atoms with Gasteiger partial charge in [0.05, 0.1) is 20.6 Å². The van der Waals surface area contributed by atoms with Gasteiger partial charge >= 0.3 is 0 Å². The summed E-state index contributed by atoms with van der Waals surface area (Å²) in [5, 5.41) is 0. The molecule has 0 aromatic heterocycles. The number of fused-ring (bicyclic) bond motifs is 1. The van der Waals surface area contributed by atoms with Crippen molar-refractivity contribution in [3.05, 3.63) is 53.3 Å². The summed E-state index contributed by atoms with van der Waals surface area (Å²) in [6, 6.07) is 10.0. The molecule has 3 rings (SSSR count). The summed E-state index contributed by atoms with van der Waals surface area (Å²) in [7, 11) is 3.16. The van der Waals surface area contributed by atoms with E-state index in [-0.39, 0.29) is 18.1 Å². The Bertz CT molecular complexity index is 760. The van der Waals surface area contributed by atoms with E-state index in [0.29, 0.717) is 18.0 Å². The third-order valence-electron chi connectivity index (χ3n) is 4.29. The van der Waals surface area contributed by atoms with Gasteiger partial charge in [-0.2, -0.15) is 0 Å². The number of benzene rings is 2. The molecule has 0 atom stereocenters. The van der Waals surface area contributed by atoms with Gasteiger partial charge in [0.1, 0.15) is 17.3 Å².